The van der Waals surface area contributed by atoms with E-state index in [1.54, 1.807) is 24.0 Å². The Kier molecular flexibility index (Phi) is 11.4. The Labute approximate surface area is 198 Å². The van der Waals surface area contributed by atoms with Crippen molar-refractivity contribution < 1.29 is 14.5 Å². The minimum Gasteiger partial charge on any atom is -0.441 e. The number of hydrogen-bond acceptors (Lipinski definition) is 4. The highest BCUT2D eigenvalue weighted by Crippen LogP contribution is 2.32. The number of rotatable bonds is 14. The second-order valence-corrected chi connectivity index (χ2v) is 8.53. The fraction of sp³-hybridized carbons (Fsp3) is 0.519. The van der Waals surface area contributed by atoms with Gasteiger partial charge in [0.25, 0.3) is 5.69 Å². The van der Waals surface area contributed by atoms with Crippen molar-refractivity contribution in [2.24, 2.45) is 0 Å². The van der Waals surface area contributed by atoms with Gasteiger partial charge in [-0.15, -0.1) is 0 Å². The van der Waals surface area contributed by atoms with Crippen molar-refractivity contribution in [3.8, 4) is 11.1 Å². The van der Waals surface area contributed by atoms with Gasteiger partial charge in [-0.2, -0.15) is 0 Å². The van der Waals surface area contributed by atoms with Gasteiger partial charge in [0.05, 0.1) is 10.5 Å². The molecule has 6 nitrogen and oxygen atoms in total. The van der Waals surface area contributed by atoms with Crippen LogP contribution >= 0.6 is 0 Å². The van der Waals surface area contributed by atoms with E-state index >= 15 is 0 Å². The van der Waals surface area contributed by atoms with Crippen molar-refractivity contribution in [1.82, 2.24) is 4.90 Å². The summed E-state index contributed by atoms with van der Waals surface area (Å²) in [6.07, 6.45) is 7.49. The summed E-state index contributed by atoms with van der Waals surface area (Å²) in [4.78, 5) is 26.0. The molecule has 180 valence electrons. The molecule has 0 radical (unpaired) electrons. The fourth-order valence-electron chi connectivity index (χ4n) is 3.90. The molecule has 0 saturated carbocycles. The van der Waals surface area contributed by atoms with Gasteiger partial charge in [0.2, 0.25) is 0 Å². The third kappa shape index (κ3) is 8.52. The van der Waals surface area contributed by atoms with Gasteiger partial charge in [-0.3, -0.25) is 10.1 Å². The Balaban J connectivity index is 2.16. The highest BCUT2D eigenvalue weighted by Gasteiger charge is 2.25. The van der Waals surface area contributed by atoms with E-state index in [-0.39, 0.29) is 5.69 Å². The van der Waals surface area contributed by atoms with E-state index in [1.165, 1.54) is 6.07 Å². The van der Waals surface area contributed by atoms with Crippen LogP contribution < -0.4 is 0 Å². The van der Waals surface area contributed by atoms with Crippen molar-refractivity contribution in [3.63, 3.8) is 0 Å². The molecule has 0 spiro atoms. The smallest absolute Gasteiger partial charge is 0.410 e. The van der Waals surface area contributed by atoms with Gasteiger partial charge in [0.1, 0.15) is 6.10 Å². The van der Waals surface area contributed by atoms with E-state index in [0.29, 0.717) is 18.7 Å². The topological polar surface area (TPSA) is 72.7 Å². The van der Waals surface area contributed by atoms with E-state index in [1.807, 2.05) is 30.3 Å². The lowest BCUT2D eigenvalue weighted by molar-refractivity contribution is -0.386. The summed E-state index contributed by atoms with van der Waals surface area (Å²) in [5.74, 6) is 0. The van der Waals surface area contributed by atoms with E-state index in [4.69, 9.17) is 4.74 Å². The molecule has 0 bridgehead atoms. The summed E-state index contributed by atoms with van der Waals surface area (Å²) in [7, 11) is 0. The molecule has 0 heterocycles. The monoisotopic (exact) mass is 454 g/mol. The van der Waals surface area contributed by atoms with Crippen LogP contribution in [0.5, 0.6) is 0 Å². The molecule has 2 rings (SSSR count). The summed E-state index contributed by atoms with van der Waals surface area (Å²) < 4.78 is 5.78. The molecule has 0 aromatic heterocycles. The van der Waals surface area contributed by atoms with Crippen LogP contribution in [-0.4, -0.2) is 29.0 Å². The number of nitrogens with zero attached hydrogens (tertiary/aromatic N) is 2. The number of carbonyl (C=O) groups excluding carboxylic acids is 1. The van der Waals surface area contributed by atoms with Crippen LogP contribution in [0.25, 0.3) is 11.1 Å². The zero-order valence-electron chi connectivity index (χ0n) is 20.3. The van der Waals surface area contributed by atoms with Gasteiger partial charge >= 0.3 is 6.09 Å². The molecule has 2 aromatic rings. The highest BCUT2D eigenvalue weighted by atomic mass is 16.6. The first-order chi connectivity index (χ1) is 16.0. The van der Waals surface area contributed by atoms with Crippen LogP contribution in [0.1, 0.15) is 83.8 Å². The van der Waals surface area contributed by atoms with E-state index in [2.05, 4.69) is 13.8 Å². The number of carbonyl (C=O) groups is 1. The van der Waals surface area contributed by atoms with Gasteiger partial charge in [0, 0.05) is 19.2 Å². The average Bonchev–Trinajstić information content (AvgIpc) is 2.83. The fourth-order valence-corrected chi connectivity index (χ4v) is 3.90. The molecule has 33 heavy (non-hydrogen) atoms. The van der Waals surface area contributed by atoms with Crippen LogP contribution in [0.15, 0.2) is 48.5 Å². The maximum atomic E-state index is 13.0. The lowest BCUT2D eigenvalue weighted by Crippen LogP contribution is -2.34. The summed E-state index contributed by atoms with van der Waals surface area (Å²) in [6.45, 7) is 7.35. The summed E-state index contributed by atoms with van der Waals surface area (Å²) >= 11 is 0. The van der Waals surface area contributed by atoms with Gasteiger partial charge in [0.15, 0.2) is 0 Å². The van der Waals surface area contributed by atoms with Crippen LogP contribution in [-0.2, 0) is 4.74 Å². The first kappa shape index (κ1) is 26.4. The second-order valence-electron chi connectivity index (χ2n) is 8.53. The molecular formula is C27H38N2O4. The Morgan fingerprint density at radius 2 is 1.52 bits per heavy atom. The van der Waals surface area contributed by atoms with Gasteiger partial charge in [-0.05, 0) is 43.0 Å². The molecule has 0 saturated heterocycles. The van der Waals surface area contributed by atoms with Gasteiger partial charge in [-0.25, -0.2) is 4.79 Å². The molecule has 0 aliphatic heterocycles. The standard InChI is InChI=1S/C27H38N2O4/c1-4-6-8-13-19-28(20-14-9-7-5-2)27(30)33-22(3)25-21-24(17-18-26(25)29(31)32)23-15-11-10-12-16-23/h10-12,15-18,21-22H,4-9,13-14,19-20H2,1-3H3. The zero-order valence-corrected chi connectivity index (χ0v) is 20.3. The largest absolute Gasteiger partial charge is 0.441 e. The van der Waals surface area contributed by atoms with Crippen LogP contribution in [0.3, 0.4) is 0 Å². The SMILES string of the molecule is CCCCCCN(CCCCCC)C(=O)OC(C)c1cc(-c2ccccc2)ccc1[N+](=O)[O-]. The lowest BCUT2D eigenvalue weighted by Gasteiger charge is -2.24. The van der Waals surface area contributed by atoms with Crippen molar-refractivity contribution in [2.45, 2.75) is 78.2 Å². The molecule has 0 aliphatic rings. The number of unbranched alkanes of at least 4 members (excludes halogenated alkanes) is 6. The second kappa shape index (κ2) is 14.3. The molecular weight excluding hydrogens is 416 g/mol. The van der Waals surface area contributed by atoms with E-state index < -0.39 is 17.1 Å². The summed E-state index contributed by atoms with van der Waals surface area (Å²) in [5.41, 5.74) is 2.19. The predicted octanol–water partition coefficient (Wildman–Crippen LogP) is 7.92. The summed E-state index contributed by atoms with van der Waals surface area (Å²) in [5, 5.41) is 11.7. The number of benzene rings is 2. The van der Waals surface area contributed by atoms with Crippen molar-refractivity contribution in [2.75, 3.05) is 13.1 Å². The van der Waals surface area contributed by atoms with E-state index in [9.17, 15) is 14.9 Å². The quantitative estimate of drug-likeness (QED) is 0.165. The van der Waals surface area contributed by atoms with Crippen molar-refractivity contribution >= 4 is 11.8 Å². The maximum Gasteiger partial charge on any atom is 0.410 e. The Morgan fingerprint density at radius 1 is 0.909 bits per heavy atom. The molecule has 1 atom stereocenters. The minimum absolute atomic E-state index is 0.0348. The molecule has 1 unspecified atom stereocenters. The van der Waals surface area contributed by atoms with Gasteiger partial charge in [-0.1, -0.05) is 82.7 Å². The van der Waals surface area contributed by atoms with Crippen molar-refractivity contribution in [3.05, 3.63) is 64.2 Å². The van der Waals surface area contributed by atoms with Crippen LogP contribution in [0, 0.1) is 10.1 Å². The zero-order chi connectivity index (χ0) is 24.1. The number of nitro benzene ring substituents is 1. The first-order valence-electron chi connectivity index (χ1n) is 12.3. The number of nitro groups is 1. The van der Waals surface area contributed by atoms with Crippen LogP contribution in [0.4, 0.5) is 10.5 Å². The lowest BCUT2D eigenvalue weighted by atomic mass is 9.99. The minimum atomic E-state index is -0.727. The normalized spacial score (nSPS) is 11.7. The molecule has 0 aliphatic carbocycles. The maximum absolute atomic E-state index is 13.0. The van der Waals surface area contributed by atoms with Gasteiger partial charge < -0.3 is 9.64 Å². The molecule has 6 heteroatoms. The number of ether oxygens (including phenoxy) is 1. The highest BCUT2D eigenvalue weighted by molar-refractivity contribution is 5.69. The third-order valence-electron chi connectivity index (χ3n) is 5.87. The first-order valence-corrected chi connectivity index (χ1v) is 12.3. The van der Waals surface area contributed by atoms with Crippen molar-refractivity contribution in [1.29, 1.82) is 0 Å². The number of amides is 1. The predicted molar refractivity (Wildman–Crippen MR) is 133 cm³/mol. The molecule has 2 aromatic carbocycles. The number of hydrogen-bond donors (Lipinski definition) is 0. The Morgan fingerprint density at radius 3 is 2.06 bits per heavy atom. The Bertz CT molecular complexity index is 858. The van der Waals surface area contributed by atoms with E-state index in [0.717, 1.165) is 62.5 Å². The molecule has 0 fully saturated rings. The van der Waals surface area contributed by atoms with Crippen LogP contribution in [0.2, 0.25) is 0 Å². The Hall–Kier alpha value is -2.89. The third-order valence-corrected chi connectivity index (χ3v) is 5.87. The summed E-state index contributed by atoms with van der Waals surface area (Å²) in [6, 6.07) is 14.7. The molecule has 0 N–H and O–H groups in total. The average molecular weight is 455 g/mol. The molecule has 1 amide bonds.